The van der Waals surface area contributed by atoms with E-state index in [1.807, 2.05) is 19.1 Å². The highest BCUT2D eigenvalue weighted by molar-refractivity contribution is 5.92. The fourth-order valence-electron chi connectivity index (χ4n) is 1.62. The van der Waals surface area contributed by atoms with Crippen molar-refractivity contribution in [2.24, 2.45) is 0 Å². The summed E-state index contributed by atoms with van der Waals surface area (Å²) in [5.41, 5.74) is 0.571. The van der Waals surface area contributed by atoms with Crippen LogP contribution in [-0.4, -0.2) is 12.5 Å². The summed E-state index contributed by atoms with van der Waals surface area (Å²) in [6.45, 7) is 2.52. The molecule has 0 bridgehead atoms. The van der Waals surface area contributed by atoms with Gasteiger partial charge in [-0.3, -0.25) is 4.79 Å². The number of furan rings is 1. The molecular formula is C14H15FN2O2. The van der Waals surface area contributed by atoms with E-state index in [1.54, 1.807) is 0 Å². The molecular weight excluding hydrogens is 247 g/mol. The lowest BCUT2D eigenvalue weighted by Crippen LogP contribution is -2.27. The Bertz CT molecular complexity index is 549. The Morgan fingerprint density at radius 1 is 1.21 bits per heavy atom. The molecule has 0 saturated heterocycles. The number of halogens is 1. The van der Waals surface area contributed by atoms with E-state index >= 15 is 0 Å². The Labute approximate surface area is 110 Å². The minimum atomic E-state index is -0.329. The topological polar surface area (TPSA) is 54.3 Å². The molecule has 19 heavy (non-hydrogen) atoms. The van der Waals surface area contributed by atoms with E-state index in [4.69, 9.17) is 4.42 Å². The van der Waals surface area contributed by atoms with Gasteiger partial charge >= 0.3 is 0 Å². The molecule has 5 heteroatoms. The van der Waals surface area contributed by atoms with Crippen LogP contribution in [0.2, 0.25) is 0 Å². The van der Waals surface area contributed by atoms with Crippen molar-refractivity contribution in [3.63, 3.8) is 0 Å². The van der Waals surface area contributed by atoms with E-state index < -0.39 is 0 Å². The average molecular weight is 262 g/mol. The van der Waals surface area contributed by atoms with Crippen molar-refractivity contribution in [1.29, 1.82) is 0 Å². The Kier molecular flexibility index (Phi) is 4.30. The predicted molar refractivity (Wildman–Crippen MR) is 70.2 cm³/mol. The van der Waals surface area contributed by atoms with Gasteiger partial charge in [0.15, 0.2) is 0 Å². The minimum Gasteiger partial charge on any atom is -0.465 e. The van der Waals surface area contributed by atoms with Crippen molar-refractivity contribution in [1.82, 2.24) is 5.32 Å². The predicted octanol–water partition coefficient (Wildman–Crippen LogP) is 2.46. The lowest BCUT2D eigenvalue weighted by Gasteiger charge is -2.05. The van der Waals surface area contributed by atoms with Crippen molar-refractivity contribution in [3.05, 3.63) is 53.7 Å². The van der Waals surface area contributed by atoms with Crippen molar-refractivity contribution >= 4 is 11.6 Å². The fourth-order valence-corrected chi connectivity index (χ4v) is 1.62. The van der Waals surface area contributed by atoms with E-state index in [9.17, 15) is 9.18 Å². The molecule has 4 nitrogen and oxygen atoms in total. The van der Waals surface area contributed by atoms with Crippen molar-refractivity contribution in [2.75, 3.05) is 11.9 Å². The molecule has 2 aromatic rings. The Balaban J connectivity index is 1.74. The van der Waals surface area contributed by atoms with Crippen molar-refractivity contribution < 1.29 is 13.6 Å². The summed E-state index contributed by atoms with van der Waals surface area (Å²) >= 11 is 0. The molecule has 0 aliphatic rings. The normalized spacial score (nSPS) is 10.4. The summed E-state index contributed by atoms with van der Waals surface area (Å²) in [7, 11) is 0. The maximum atomic E-state index is 12.7. The second-order valence-electron chi connectivity index (χ2n) is 4.17. The van der Waals surface area contributed by atoms with Gasteiger partial charge < -0.3 is 15.1 Å². The van der Waals surface area contributed by atoms with Gasteiger partial charge in [-0.1, -0.05) is 0 Å². The third kappa shape index (κ3) is 4.22. The summed E-state index contributed by atoms with van der Waals surface area (Å²) < 4.78 is 18.0. The molecule has 0 fully saturated rings. The van der Waals surface area contributed by atoms with Crippen LogP contribution in [0.4, 0.5) is 10.1 Å². The second-order valence-corrected chi connectivity index (χ2v) is 4.17. The Morgan fingerprint density at radius 2 is 1.95 bits per heavy atom. The minimum absolute atomic E-state index is 0.164. The highest BCUT2D eigenvalue weighted by Crippen LogP contribution is 2.08. The van der Waals surface area contributed by atoms with Gasteiger partial charge in [-0.25, -0.2) is 4.39 Å². The highest BCUT2D eigenvalue weighted by atomic mass is 19.1. The van der Waals surface area contributed by atoms with E-state index in [0.717, 1.165) is 11.5 Å². The molecule has 100 valence electrons. The molecule has 1 heterocycles. The monoisotopic (exact) mass is 262 g/mol. The fraction of sp³-hybridized carbons (Fsp3) is 0.214. The third-order valence-corrected chi connectivity index (χ3v) is 2.51. The SMILES string of the molecule is Cc1ccc(CNCC(=O)Nc2ccc(F)cc2)o1. The number of benzene rings is 1. The molecule has 0 saturated carbocycles. The smallest absolute Gasteiger partial charge is 0.238 e. The Hall–Kier alpha value is -2.14. The quantitative estimate of drug-likeness (QED) is 0.870. The molecule has 2 rings (SSSR count). The van der Waals surface area contributed by atoms with Crippen LogP contribution in [0.25, 0.3) is 0 Å². The summed E-state index contributed by atoms with van der Waals surface area (Å²) in [6.07, 6.45) is 0. The van der Waals surface area contributed by atoms with Gasteiger partial charge in [-0.05, 0) is 43.3 Å². The first-order chi connectivity index (χ1) is 9.13. The van der Waals surface area contributed by atoms with Crippen molar-refractivity contribution in [3.8, 4) is 0 Å². The van der Waals surface area contributed by atoms with Crippen LogP contribution in [0.3, 0.4) is 0 Å². The molecule has 0 radical (unpaired) electrons. The van der Waals surface area contributed by atoms with Crippen LogP contribution >= 0.6 is 0 Å². The molecule has 0 aliphatic heterocycles. The molecule has 1 amide bonds. The standard InChI is InChI=1S/C14H15FN2O2/c1-10-2-7-13(19-10)8-16-9-14(18)17-12-5-3-11(15)4-6-12/h2-7,16H,8-9H2,1H3,(H,17,18). The van der Waals surface area contributed by atoms with Gasteiger partial charge in [0.2, 0.25) is 5.91 Å². The zero-order chi connectivity index (χ0) is 13.7. The first-order valence-electron chi connectivity index (χ1n) is 5.95. The van der Waals surface area contributed by atoms with Crippen LogP contribution in [-0.2, 0) is 11.3 Å². The number of aryl methyl sites for hydroxylation is 1. The summed E-state index contributed by atoms with van der Waals surface area (Å²) in [5, 5.41) is 5.63. The van der Waals surface area contributed by atoms with Crippen LogP contribution in [0, 0.1) is 12.7 Å². The van der Waals surface area contributed by atoms with Gasteiger partial charge in [-0.15, -0.1) is 0 Å². The lowest BCUT2D eigenvalue weighted by molar-refractivity contribution is -0.115. The van der Waals surface area contributed by atoms with E-state index in [2.05, 4.69) is 10.6 Å². The van der Waals surface area contributed by atoms with E-state index in [1.165, 1.54) is 24.3 Å². The molecule has 1 aromatic heterocycles. The zero-order valence-corrected chi connectivity index (χ0v) is 10.6. The number of anilines is 1. The largest absolute Gasteiger partial charge is 0.465 e. The van der Waals surface area contributed by atoms with E-state index in [0.29, 0.717) is 12.2 Å². The van der Waals surface area contributed by atoms with Crippen molar-refractivity contribution in [2.45, 2.75) is 13.5 Å². The first-order valence-corrected chi connectivity index (χ1v) is 5.95. The van der Waals surface area contributed by atoms with Crippen LogP contribution in [0.5, 0.6) is 0 Å². The molecule has 1 aromatic carbocycles. The van der Waals surface area contributed by atoms with Crippen LogP contribution in [0.15, 0.2) is 40.8 Å². The van der Waals surface area contributed by atoms with Gasteiger partial charge in [0, 0.05) is 5.69 Å². The van der Waals surface area contributed by atoms with E-state index in [-0.39, 0.29) is 18.3 Å². The number of rotatable bonds is 5. The second kappa shape index (κ2) is 6.15. The summed E-state index contributed by atoms with van der Waals surface area (Å²) in [6, 6.07) is 9.37. The zero-order valence-electron chi connectivity index (χ0n) is 10.6. The number of hydrogen-bond donors (Lipinski definition) is 2. The first kappa shape index (κ1) is 13.3. The number of nitrogens with one attached hydrogen (secondary N) is 2. The maximum absolute atomic E-state index is 12.7. The summed E-state index contributed by atoms with van der Waals surface area (Å²) in [5.74, 6) is 1.11. The van der Waals surface area contributed by atoms with Gasteiger partial charge in [-0.2, -0.15) is 0 Å². The molecule has 0 atom stereocenters. The highest BCUT2D eigenvalue weighted by Gasteiger charge is 2.03. The molecule has 0 spiro atoms. The number of amides is 1. The molecule has 0 aliphatic carbocycles. The maximum Gasteiger partial charge on any atom is 0.238 e. The van der Waals surface area contributed by atoms with Gasteiger partial charge in [0.05, 0.1) is 13.1 Å². The van der Waals surface area contributed by atoms with Crippen LogP contribution in [0.1, 0.15) is 11.5 Å². The number of carbonyl (C=O) groups excluding carboxylic acids is 1. The Morgan fingerprint density at radius 3 is 2.58 bits per heavy atom. The van der Waals surface area contributed by atoms with Gasteiger partial charge in [0.1, 0.15) is 17.3 Å². The number of hydrogen-bond acceptors (Lipinski definition) is 3. The van der Waals surface area contributed by atoms with Gasteiger partial charge in [0.25, 0.3) is 0 Å². The third-order valence-electron chi connectivity index (χ3n) is 2.51. The molecule has 0 unspecified atom stereocenters. The summed E-state index contributed by atoms with van der Waals surface area (Å²) in [4.78, 5) is 11.6. The van der Waals surface area contributed by atoms with Crippen LogP contribution < -0.4 is 10.6 Å². The number of carbonyl (C=O) groups is 1. The lowest BCUT2D eigenvalue weighted by atomic mass is 10.3. The molecule has 2 N–H and O–H groups in total. The average Bonchev–Trinajstić information content (AvgIpc) is 2.78.